The first-order valence-corrected chi connectivity index (χ1v) is 2.95. The zero-order valence-electron chi connectivity index (χ0n) is 6.05. The molecule has 10 heavy (non-hydrogen) atoms. The van der Waals surface area contributed by atoms with Crippen molar-refractivity contribution in [3.05, 3.63) is 0 Å². The molecule has 0 aliphatic heterocycles. The first-order valence-electron chi connectivity index (χ1n) is 2.95. The molecule has 0 heterocycles. The summed E-state index contributed by atoms with van der Waals surface area (Å²) in [5.74, 6) is -0.201. The Hall–Kier alpha value is -1.06. The molecule has 0 atom stereocenters. The van der Waals surface area contributed by atoms with Gasteiger partial charge in [-0.15, -0.1) is 0 Å². The highest BCUT2D eigenvalue weighted by Crippen LogP contribution is 1.84. The number of rotatable bonds is 3. The maximum Gasteiger partial charge on any atom is 0.508 e. The molecule has 0 radical (unpaired) electrons. The lowest BCUT2D eigenvalue weighted by atomic mass is 10.5. The molecule has 4 nitrogen and oxygen atoms in total. The molecular formula is C6H10O4. The third kappa shape index (κ3) is 5.08. The summed E-state index contributed by atoms with van der Waals surface area (Å²) in [5, 5.41) is 0. The molecule has 0 aromatic rings. The molecule has 0 amide bonds. The van der Waals surface area contributed by atoms with Gasteiger partial charge in [-0.25, -0.2) is 4.79 Å². The smallest absolute Gasteiger partial charge is 0.435 e. The van der Waals surface area contributed by atoms with Gasteiger partial charge < -0.3 is 9.47 Å². The van der Waals surface area contributed by atoms with Gasteiger partial charge in [0.2, 0.25) is 0 Å². The highest BCUT2D eigenvalue weighted by atomic mass is 16.7. The summed E-state index contributed by atoms with van der Waals surface area (Å²) in [6.07, 6.45) is -0.794. The van der Waals surface area contributed by atoms with Crippen molar-refractivity contribution in [3.63, 3.8) is 0 Å². The van der Waals surface area contributed by atoms with Crippen LogP contribution in [0.4, 0.5) is 4.79 Å². The SMILES string of the molecule is CCOC(=O)OCC(C)=O. The Labute approximate surface area is 59.1 Å². The minimum Gasteiger partial charge on any atom is -0.435 e. The standard InChI is InChI=1S/C6H10O4/c1-3-9-6(8)10-4-5(2)7/h3-4H2,1-2H3. The number of carbonyl (C=O) groups excluding carboxylic acids is 2. The molecule has 0 aromatic carbocycles. The van der Waals surface area contributed by atoms with Gasteiger partial charge in [0.15, 0.2) is 12.4 Å². The summed E-state index contributed by atoms with van der Waals surface area (Å²) in [6, 6.07) is 0. The predicted octanol–water partition coefficient (Wildman–Crippen LogP) is 0.749. The van der Waals surface area contributed by atoms with Gasteiger partial charge in [0.1, 0.15) is 0 Å². The van der Waals surface area contributed by atoms with Crippen LogP contribution in [-0.4, -0.2) is 25.2 Å². The highest BCUT2D eigenvalue weighted by molar-refractivity contribution is 5.78. The van der Waals surface area contributed by atoms with Gasteiger partial charge in [-0.1, -0.05) is 0 Å². The average Bonchev–Trinajstić information content (AvgIpc) is 1.85. The van der Waals surface area contributed by atoms with Crippen LogP contribution in [0.3, 0.4) is 0 Å². The quantitative estimate of drug-likeness (QED) is 0.551. The normalized spacial score (nSPS) is 8.60. The van der Waals surface area contributed by atoms with Crippen LogP contribution in [0.25, 0.3) is 0 Å². The fraction of sp³-hybridized carbons (Fsp3) is 0.667. The second kappa shape index (κ2) is 4.78. The summed E-state index contributed by atoms with van der Waals surface area (Å²) in [7, 11) is 0. The molecule has 0 unspecified atom stereocenters. The molecule has 0 aliphatic carbocycles. The van der Waals surface area contributed by atoms with Crippen molar-refractivity contribution in [1.29, 1.82) is 0 Å². The van der Waals surface area contributed by atoms with Crippen molar-refractivity contribution < 1.29 is 19.1 Å². The van der Waals surface area contributed by atoms with Gasteiger partial charge >= 0.3 is 6.16 Å². The van der Waals surface area contributed by atoms with E-state index in [9.17, 15) is 9.59 Å². The van der Waals surface area contributed by atoms with Crippen LogP contribution in [0, 0.1) is 0 Å². The molecule has 0 fully saturated rings. The Morgan fingerprint density at radius 3 is 2.30 bits per heavy atom. The van der Waals surface area contributed by atoms with E-state index in [2.05, 4.69) is 9.47 Å². The van der Waals surface area contributed by atoms with Crippen LogP contribution in [0.15, 0.2) is 0 Å². The average molecular weight is 146 g/mol. The number of ether oxygens (including phenoxy) is 2. The van der Waals surface area contributed by atoms with Crippen LogP contribution in [0.5, 0.6) is 0 Å². The summed E-state index contributed by atoms with van der Waals surface area (Å²) in [6.45, 7) is 3.05. The molecule has 0 saturated carbocycles. The summed E-state index contributed by atoms with van der Waals surface area (Å²) >= 11 is 0. The van der Waals surface area contributed by atoms with Crippen molar-refractivity contribution >= 4 is 11.9 Å². The Bertz CT molecular complexity index is 130. The predicted molar refractivity (Wildman–Crippen MR) is 33.7 cm³/mol. The fourth-order valence-corrected chi connectivity index (χ4v) is 0.320. The third-order valence-electron chi connectivity index (χ3n) is 0.655. The van der Waals surface area contributed by atoms with Crippen molar-refractivity contribution in [2.24, 2.45) is 0 Å². The number of Topliss-reactive ketones (excluding diaryl/α,β-unsaturated/α-hetero) is 1. The van der Waals surface area contributed by atoms with Crippen LogP contribution in [0.2, 0.25) is 0 Å². The van der Waals surface area contributed by atoms with E-state index in [0.717, 1.165) is 0 Å². The largest absolute Gasteiger partial charge is 0.508 e. The first-order chi connectivity index (χ1) is 4.66. The maximum absolute atomic E-state index is 10.4. The van der Waals surface area contributed by atoms with E-state index in [0.29, 0.717) is 0 Å². The van der Waals surface area contributed by atoms with Crippen molar-refractivity contribution in [3.8, 4) is 0 Å². The van der Waals surface area contributed by atoms with Crippen molar-refractivity contribution in [2.45, 2.75) is 13.8 Å². The third-order valence-corrected chi connectivity index (χ3v) is 0.655. The molecule has 4 heteroatoms. The molecule has 58 valence electrons. The van der Waals surface area contributed by atoms with E-state index in [1.807, 2.05) is 0 Å². The van der Waals surface area contributed by atoms with E-state index >= 15 is 0 Å². The van der Waals surface area contributed by atoms with E-state index < -0.39 is 6.16 Å². The second-order valence-electron chi connectivity index (χ2n) is 1.67. The van der Waals surface area contributed by atoms with Crippen LogP contribution < -0.4 is 0 Å². The van der Waals surface area contributed by atoms with Gasteiger partial charge in [-0.2, -0.15) is 0 Å². The fourth-order valence-electron chi connectivity index (χ4n) is 0.320. The Morgan fingerprint density at radius 2 is 1.90 bits per heavy atom. The van der Waals surface area contributed by atoms with Gasteiger partial charge in [0.25, 0.3) is 0 Å². The van der Waals surface area contributed by atoms with Crippen LogP contribution in [0.1, 0.15) is 13.8 Å². The molecule has 0 bridgehead atoms. The van der Waals surface area contributed by atoms with Crippen molar-refractivity contribution in [1.82, 2.24) is 0 Å². The lowest BCUT2D eigenvalue weighted by molar-refractivity contribution is -0.120. The van der Waals surface area contributed by atoms with Crippen LogP contribution >= 0.6 is 0 Å². The molecule has 0 spiro atoms. The number of hydrogen-bond donors (Lipinski definition) is 0. The van der Waals surface area contributed by atoms with Crippen LogP contribution in [-0.2, 0) is 14.3 Å². The maximum atomic E-state index is 10.4. The van der Waals surface area contributed by atoms with Gasteiger partial charge in [-0.05, 0) is 13.8 Å². The number of carbonyl (C=O) groups is 2. The first kappa shape index (κ1) is 8.94. The molecule has 0 N–H and O–H groups in total. The summed E-state index contributed by atoms with van der Waals surface area (Å²) in [5.41, 5.74) is 0. The molecule has 0 saturated heterocycles. The lowest BCUT2D eigenvalue weighted by Gasteiger charge is -2.00. The van der Waals surface area contributed by atoms with E-state index in [1.165, 1.54) is 6.92 Å². The Kier molecular flexibility index (Phi) is 4.28. The Morgan fingerprint density at radius 1 is 1.30 bits per heavy atom. The topological polar surface area (TPSA) is 52.6 Å². The molecule has 0 rings (SSSR count). The van der Waals surface area contributed by atoms with Gasteiger partial charge in [0, 0.05) is 0 Å². The highest BCUT2D eigenvalue weighted by Gasteiger charge is 2.02. The lowest BCUT2D eigenvalue weighted by Crippen LogP contribution is -2.12. The van der Waals surface area contributed by atoms with Gasteiger partial charge in [-0.3, -0.25) is 4.79 Å². The van der Waals surface area contributed by atoms with E-state index in [4.69, 9.17) is 0 Å². The Balaban J connectivity index is 3.30. The minimum absolute atomic E-state index is 0.201. The summed E-state index contributed by atoms with van der Waals surface area (Å²) in [4.78, 5) is 20.6. The zero-order valence-corrected chi connectivity index (χ0v) is 6.05. The monoisotopic (exact) mass is 146 g/mol. The van der Waals surface area contributed by atoms with E-state index in [1.54, 1.807) is 6.92 Å². The second-order valence-corrected chi connectivity index (χ2v) is 1.67. The molecule has 0 aliphatic rings. The van der Waals surface area contributed by atoms with E-state index in [-0.39, 0.29) is 19.0 Å². The molecular weight excluding hydrogens is 136 g/mol. The minimum atomic E-state index is -0.794. The zero-order chi connectivity index (χ0) is 7.98. The number of hydrogen-bond acceptors (Lipinski definition) is 4. The van der Waals surface area contributed by atoms with Crippen molar-refractivity contribution in [2.75, 3.05) is 13.2 Å². The number of ketones is 1. The summed E-state index contributed by atoms with van der Waals surface area (Å²) < 4.78 is 8.71. The van der Waals surface area contributed by atoms with Gasteiger partial charge in [0.05, 0.1) is 6.61 Å². The molecule has 0 aromatic heterocycles.